The van der Waals surface area contributed by atoms with Crippen molar-refractivity contribution in [1.82, 2.24) is 5.32 Å². The molecule has 0 aromatic carbocycles. The molecule has 0 saturated carbocycles. The summed E-state index contributed by atoms with van der Waals surface area (Å²) in [6.07, 6.45) is 12.3. The Morgan fingerprint density at radius 2 is 1.93 bits per heavy atom. The molecular weight excluding hydrogens is 170 g/mol. The normalized spacial score (nSPS) is 13.6. The molecule has 0 spiro atoms. The third kappa shape index (κ3) is 8.31. The highest BCUT2D eigenvalue weighted by Crippen LogP contribution is 2.08. The molecule has 0 saturated heterocycles. The maximum absolute atomic E-state index is 3.56. The van der Waals surface area contributed by atoms with E-state index in [0.29, 0.717) is 0 Å². The lowest BCUT2D eigenvalue weighted by Gasteiger charge is -2.16. The van der Waals surface area contributed by atoms with Crippen molar-refractivity contribution >= 4 is 0 Å². The molecule has 0 fully saturated rings. The Bertz CT molecular complexity index is 123. The third-order valence-corrected chi connectivity index (χ3v) is 2.54. The maximum atomic E-state index is 3.56. The van der Waals surface area contributed by atoms with Gasteiger partial charge in [-0.05, 0) is 39.2 Å². The SMILES string of the molecule is CC=CCCCCC(CCC)NCC. The first-order valence-corrected chi connectivity index (χ1v) is 6.19. The Kier molecular flexibility index (Phi) is 10.5. The lowest BCUT2D eigenvalue weighted by Crippen LogP contribution is -2.28. The molecule has 0 aliphatic heterocycles. The van der Waals surface area contributed by atoms with E-state index in [-0.39, 0.29) is 0 Å². The number of hydrogen-bond acceptors (Lipinski definition) is 1. The molecule has 0 heterocycles. The quantitative estimate of drug-likeness (QED) is 0.436. The van der Waals surface area contributed by atoms with Crippen LogP contribution in [0.2, 0.25) is 0 Å². The third-order valence-electron chi connectivity index (χ3n) is 2.54. The van der Waals surface area contributed by atoms with Gasteiger partial charge >= 0.3 is 0 Å². The maximum Gasteiger partial charge on any atom is 0.00668 e. The Labute approximate surface area is 90.0 Å². The molecule has 1 unspecified atom stereocenters. The molecule has 0 bridgehead atoms. The monoisotopic (exact) mass is 197 g/mol. The van der Waals surface area contributed by atoms with E-state index in [0.717, 1.165) is 12.6 Å². The summed E-state index contributed by atoms with van der Waals surface area (Å²) >= 11 is 0. The summed E-state index contributed by atoms with van der Waals surface area (Å²) in [7, 11) is 0. The molecule has 1 heteroatoms. The predicted molar refractivity (Wildman–Crippen MR) is 65.7 cm³/mol. The van der Waals surface area contributed by atoms with Crippen LogP contribution in [0.4, 0.5) is 0 Å². The zero-order valence-corrected chi connectivity index (χ0v) is 10.2. The summed E-state index contributed by atoms with van der Waals surface area (Å²) in [5, 5.41) is 3.56. The van der Waals surface area contributed by atoms with E-state index in [2.05, 4.69) is 38.2 Å². The zero-order valence-electron chi connectivity index (χ0n) is 10.2. The van der Waals surface area contributed by atoms with E-state index in [9.17, 15) is 0 Å². The molecule has 0 amide bonds. The van der Waals surface area contributed by atoms with Crippen molar-refractivity contribution in [2.45, 2.75) is 65.3 Å². The zero-order chi connectivity index (χ0) is 10.6. The van der Waals surface area contributed by atoms with Gasteiger partial charge in [-0.3, -0.25) is 0 Å². The predicted octanol–water partition coefficient (Wildman–Crippen LogP) is 3.90. The Morgan fingerprint density at radius 3 is 2.50 bits per heavy atom. The fraction of sp³-hybridized carbons (Fsp3) is 0.846. The van der Waals surface area contributed by atoms with Gasteiger partial charge in [0.05, 0.1) is 0 Å². The van der Waals surface area contributed by atoms with E-state index in [4.69, 9.17) is 0 Å². The average Bonchev–Trinajstić information content (AvgIpc) is 2.18. The molecule has 0 rings (SSSR count). The molecular formula is C13H27N. The van der Waals surface area contributed by atoms with Crippen LogP contribution in [0.5, 0.6) is 0 Å². The van der Waals surface area contributed by atoms with E-state index in [1.54, 1.807) is 0 Å². The Morgan fingerprint density at radius 1 is 1.14 bits per heavy atom. The molecule has 0 aliphatic carbocycles. The topological polar surface area (TPSA) is 12.0 Å². The molecule has 84 valence electrons. The lowest BCUT2D eigenvalue weighted by molar-refractivity contribution is 0.442. The van der Waals surface area contributed by atoms with Crippen molar-refractivity contribution in [2.75, 3.05) is 6.54 Å². The van der Waals surface area contributed by atoms with Gasteiger partial charge < -0.3 is 5.32 Å². The summed E-state index contributed by atoms with van der Waals surface area (Å²) < 4.78 is 0. The van der Waals surface area contributed by atoms with Gasteiger partial charge in [-0.2, -0.15) is 0 Å². The fourth-order valence-corrected chi connectivity index (χ4v) is 1.81. The molecule has 1 N–H and O–H groups in total. The van der Waals surface area contributed by atoms with Gasteiger partial charge in [-0.1, -0.05) is 38.8 Å². The molecule has 0 aromatic heterocycles. The highest BCUT2D eigenvalue weighted by atomic mass is 14.9. The van der Waals surface area contributed by atoms with Gasteiger partial charge in [0, 0.05) is 6.04 Å². The van der Waals surface area contributed by atoms with Gasteiger partial charge in [0.1, 0.15) is 0 Å². The van der Waals surface area contributed by atoms with Crippen LogP contribution >= 0.6 is 0 Å². The minimum atomic E-state index is 0.760. The number of rotatable bonds is 9. The average molecular weight is 197 g/mol. The summed E-state index contributed by atoms with van der Waals surface area (Å²) in [6, 6.07) is 0.760. The number of nitrogens with one attached hydrogen (secondary N) is 1. The van der Waals surface area contributed by atoms with Crippen LogP contribution in [-0.4, -0.2) is 12.6 Å². The van der Waals surface area contributed by atoms with Gasteiger partial charge in [0.15, 0.2) is 0 Å². The first-order valence-electron chi connectivity index (χ1n) is 6.19. The van der Waals surface area contributed by atoms with Crippen LogP contribution in [0.25, 0.3) is 0 Å². The standard InChI is InChI=1S/C13H27N/c1-4-7-8-9-10-12-13(11-5-2)14-6-3/h4,7,13-14H,5-6,8-12H2,1-3H3. The first-order chi connectivity index (χ1) is 6.85. The molecule has 1 nitrogen and oxygen atoms in total. The van der Waals surface area contributed by atoms with Crippen molar-refractivity contribution in [2.24, 2.45) is 0 Å². The summed E-state index contributed by atoms with van der Waals surface area (Å²) in [5.41, 5.74) is 0. The molecule has 0 aliphatic rings. The second-order valence-corrected chi connectivity index (χ2v) is 3.90. The van der Waals surface area contributed by atoms with Crippen LogP contribution in [0.1, 0.15) is 59.3 Å². The Balaban J connectivity index is 3.39. The fourth-order valence-electron chi connectivity index (χ4n) is 1.81. The first kappa shape index (κ1) is 13.7. The number of hydrogen-bond donors (Lipinski definition) is 1. The Hall–Kier alpha value is -0.300. The van der Waals surface area contributed by atoms with Crippen molar-refractivity contribution in [3.8, 4) is 0 Å². The summed E-state index contributed by atoms with van der Waals surface area (Å²) in [6.45, 7) is 7.67. The molecule has 14 heavy (non-hydrogen) atoms. The lowest BCUT2D eigenvalue weighted by atomic mass is 10.0. The number of allylic oxidation sites excluding steroid dienone is 2. The number of unbranched alkanes of at least 4 members (excludes halogenated alkanes) is 2. The van der Waals surface area contributed by atoms with E-state index in [1.165, 1.54) is 38.5 Å². The molecule has 0 aromatic rings. The van der Waals surface area contributed by atoms with Crippen molar-refractivity contribution in [3.05, 3.63) is 12.2 Å². The van der Waals surface area contributed by atoms with Gasteiger partial charge in [0.25, 0.3) is 0 Å². The smallest absolute Gasteiger partial charge is 0.00668 e. The van der Waals surface area contributed by atoms with Crippen molar-refractivity contribution < 1.29 is 0 Å². The van der Waals surface area contributed by atoms with Crippen LogP contribution in [0.3, 0.4) is 0 Å². The van der Waals surface area contributed by atoms with E-state index < -0.39 is 0 Å². The van der Waals surface area contributed by atoms with Crippen LogP contribution < -0.4 is 5.32 Å². The minimum absolute atomic E-state index is 0.760. The summed E-state index contributed by atoms with van der Waals surface area (Å²) in [4.78, 5) is 0. The van der Waals surface area contributed by atoms with Crippen molar-refractivity contribution in [3.63, 3.8) is 0 Å². The van der Waals surface area contributed by atoms with Gasteiger partial charge in [0.2, 0.25) is 0 Å². The van der Waals surface area contributed by atoms with Gasteiger partial charge in [-0.25, -0.2) is 0 Å². The summed E-state index contributed by atoms with van der Waals surface area (Å²) in [5.74, 6) is 0. The van der Waals surface area contributed by atoms with Crippen LogP contribution in [-0.2, 0) is 0 Å². The van der Waals surface area contributed by atoms with Crippen LogP contribution in [0, 0.1) is 0 Å². The second-order valence-electron chi connectivity index (χ2n) is 3.90. The second kappa shape index (κ2) is 10.8. The molecule has 0 radical (unpaired) electrons. The van der Waals surface area contributed by atoms with E-state index >= 15 is 0 Å². The van der Waals surface area contributed by atoms with E-state index in [1.807, 2.05) is 0 Å². The largest absolute Gasteiger partial charge is 0.314 e. The minimum Gasteiger partial charge on any atom is -0.314 e. The highest BCUT2D eigenvalue weighted by molar-refractivity contribution is 4.76. The van der Waals surface area contributed by atoms with Crippen LogP contribution in [0.15, 0.2) is 12.2 Å². The van der Waals surface area contributed by atoms with Crippen molar-refractivity contribution in [1.29, 1.82) is 0 Å². The highest BCUT2D eigenvalue weighted by Gasteiger charge is 2.04. The molecule has 1 atom stereocenters. The van der Waals surface area contributed by atoms with Gasteiger partial charge in [-0.15, -0.1) is 0 Å².